The van der Waals surface area contributed by atoms with Crippen LogP contribution in [0.4, 0.5) is 0 Å². The zero-order chi connectivity index (χ0) is 14.3. The van der Waals surface area contributed by atoms with Gasteiger partial charge in [0.1, 0.15) is 5.69 Å². The van der Waals surface area contributed by atoms with Crippen LogP contribution in [0.2, 0.25) is 0 Å². The second kappa shape index (κ2) is 4.53. The molecule has 1 aliphatic rings. The Balaban J connectivity index is 2.09. The highest BCUT2D eigenvalue weighted by molar-refractivity contribution is 7.10. The molecular weight excluding hydrogens is 280 g/mol. The van der Waals surface area contributed by atoms with Gasteiger partial charge in [0.05, 0.1) is 5.56 Å². The van der Waals surface area contributed by atoms with E-state index >= 15 is 0 Å². The van der Waals surface area contributed by atoms with E-state index in [9.17, 15) is 19.5 Å². The number of aromatic nitrogens is 1. The highest BCUT2D eigenvalue weighted by Gasteiger charge is 2.44. The zero-order valence-corrected chi connectivity index (χ0v) is 10.8. The number of imide groups is 1. The van der Waals surface area contributed by atoms with Gasteiger partial charge in [0, 0.05) is 11.1 Å². The fraction of sp³-hybridized carbons (Fsp3) is 0.0769. The maximum Gasteiger partial charge on any atom is 0.332 e. The van der Waals surface area contributed by atoms with Gasteiger partial charge in [0.2, 0.25) is 0 Å². The van der Waals surface area contributed by atoms with E-state index in [4.69, 9.17) is 0 Å². The Kier molecular flexibility index (Phi) is 2.83. The van der Waals surface area contributed by atoms with E-state index in [0.717, 1.165) is 4.90 Å². The van der Waals surface area contributed by atoms with Crippen LogP contribution < -0.4 is 0 Å². The monoisotopic (exact) mass is 288 g/mol. The maximum atomic E-state index is 12.3. The number of rotatable bonds is 3. The van der Waals surface area contributed by atoms with Gasteiger partial charge >= 0.3 is 5.97 Å². The van der Waals surface area contributed by atoms with E-state index in [1.54, 1.807) is 17.5 Å². The molecule has 100 valence electrons. The molecule has 0 saturated carbocycles. The summed E-state index contributed by atoms with van der Waals surface area (Å²) in [4.78, 5) is 41.0. The molecule has 1 N–H and O–H groups in total. The Morgan fingerprint density at radius 1 is 1.25 bits per heavy atom. The van der Waals surface area contributed by atoms with Crippen LogP contribution in [0.5, 0.6) is 0 Å². The Morgan fingerprint density at radius 3 is 2.65 bits per heavy atom. The molecule has 1 aliphatic heterocycles. The van der Waals surface area contributed by atoms with Crippen molar-refractivity contribution >= 4 is 29.1 Å². The molecule has 0 radical (unpaired) electrons. The van der Waals surface area contributed by atoms with E-state index in [-0.39, 0.29) is 11.3 Å². The van der Waals surface area contributed by atoms with E-state index in [0.29, 0.717) is 4.88 Å². The molecular formula is C13H8N2O4S. The summed E-state index contributed by atoms with van der Waals surface area (Å²) >= 11 is 1.18. The minimum atomic E-state index is -1.32. The highest BCUT2D eigenvalue weighted by Crippen LogP contribution is 2.32. The van der Waals surface area contributed by atoms with Crippen molar-refractivity contribution in [3.05, 3.63) is 52.0 Å². The summed E-state index contributed by atoms with van der Waals surface area (Å²) < 4.78 is 0. The lowest BCUT2D eigenvalue weighted by molar-refractivity contribution is -0.141. The molecule has 0 spiro atoms. The Morgan fingerprint density at radius 2 is 2.05 bits per heavy atom. The first-order valence-corrected chi connectivity index (χ1v) is 6.58. The summed E-state index contributed by atoms with van der Waals surface area (Å²) in [5.41, 5.74) is 0.139. The molecule has 6 nitrogen and oxygen atoms in total. The Labute approximate surface area is 117 Å². The fourth-order valence-electron chi connectivity index (χ4n) is 2.13. The summed E-state index contributed by atoms with van der Waals surface area (Å²) in [5.74, 6) is -2.55. The topological polar surface area (TPSA) is 87.6 Å². The number of carboxylic acid groups (broad SMARTS) is 1. The standard InChI is InChI=1S/C13H8N2O4S/c16-11-7-3-1-5-14-9(7)12(17)15(11)10(13(18)19)8-4-2-6-20-8/h1-6,10H,(H,18,19). The zero-order valence-electron chi connectivity index (χ0n) is 10.0. The highest BCUT2D eigenvalue weighted by atomic mass is 32.1. The Hall–Kier alpha value is -2.54. The van der Waals surface area contributed by atoms with Crippen molar-refractivity contribution in [2.24, 2.45) is 0 Å². The van der Waals surface area contributed by atoms with Crippen LogP contribution in [0.15, 0.2) is 35.8 Å². The molecule has 2 aromatic heterocycles. The third-order valence-corrected chi connectivity index (χ3v) is 3.91. The number of carbonyl (C=O) groups is 3. The number of hydrogen-bond donors (Lipinski definition) is 1. The van der Waals surface area contributed by atoms with E-state index < -0.39 is 23.8 Å². The van der Waals surface area contributed by atoms with Gasteiger partial charge in [-0.25, -0.2) is 4.79 Å². The van der Waals surface area contributed by atoms with Gasteiger partial charge in [0.25, 0.3) is 11.8 Å². The molecule has 7 heteroatoms. The van der Waals surface area contributed by atoms with Crippen LogP contribution in [-0.2, 0) is 4.79 Å². The van der Waals surface area contributed by atoms with Crippen molar-refractivity contribution in [3.8, 4) is 0 Å². The third-order valence-electron chi connectivity index (χ3n) is 2.98. The van der Waals surface area contributed by atoms with Gasteiger partial charge in [-0.3, -0.25) is 19.5 Å². The SMILES string of the molecule is O=C(O)C(c1cccs1)N1C(=O)c2cccnc2C1=O. The van der Waals surface area contributed by atoms with Gasteiger partial charge in [-0.05, 0) is 23.6 Å². The molecule has 0 aromatic carbocycles. The number of carboxylic acids is 1. The van der Waals surface area contributed by atoms with Crippen molar-refractivity contribution in [2.45, 2.75) is 6.04 Å². The number of fused-ring (bicyclic) bond motifs is 1. The third kappa shape index (κ3) is 1.71. The lowest BCUT2D eigenvalue weighted by Crippen LogP contribution is -2.38. The quantitative estimate of drug-likeness (QED) is 0.866. The van der Waals surface area contributed by atoms with Gasteiger partial charge in [-0.15, -0.1) is 11.3 Å². The van der Waals surface area contributed by atoms with Gasteiger partial charge < -0.3 is 5.11 Å². The van der Waals surface area contributed by atoms with Crippen LogP contribution in [-0.4, -0.2) is 32.8 Å². The minimum absolute atomic E-state index is 0.000283. The number of amides is 2. The molecule has 1 atom stereocenters. The van der Waals surface area contributed by atoms with Crippen LogP contribution in [0.1, 0.15) is 31.8 Å². The van der Waals surface area contributed by atoms with E-state index in [1.807, 2.05) is 0 Å². The molecule has 0 aliphatic carbocycles. The maximum absolute atomic E-state index is 12.3. The summed E-state index contributed by atoms with van der Waals surface area (Å²) in [5, 5.41) is 11.1. The summed E-state index contributed by atoms with van der Waals surface area (Å²) in [6, 6.07) is 4.95. The van der Waals surface area contributed by atoms with Gasteiger partial charge in [-0.1, -0.05) is 6.07 Å². The second-order valence-corrected chi connectivity index (χ2v) is 5.12. The predicted octanol–water partition coefficient (Wildman–Crippen LogP) is 1.57. The summed E-state index contributed by atoms with van der Waals surface area (Å²) in [6.07, 6.45) is 1.40. The fourth-order valence-corrected chi connectivity index (χ4v) is 2.93. The second-order valence-electron chi connectivity index (χ2n) is 4.14. The first-order chi connectivity index (χ1) is 9.61. The van der Waals surface area contributed by atoms with Crippen LogP contribution >= 0.6 is 11.3 Å². The number of nitrogens with zero attached hydrogens (tertiary/aromatic N) is 2. The lowest BCUT2D eigenvalue weighted by Gasteiger charge is -2.20. The van der Waals surface area contributed by atoms with Crippen molar-refractivity contribution in [1.29, 1.82) is 0 Å². The number of hydrogen-bond acceptors (Lipinski definition) is 5. The minimum Gasteiger partial charge on any atom is -0.479 e. The molecule has 2 aromatic rings. The lowest BCUT2D eigenvalue weighted by atomic mass is 10.2. The molecule has 0 fully saturated rings. The van der Waals surface area contributed by atoms with E-state index in [1.165, 1.54) is 29.7 Å². The largest absolute Gasteiger partial charge is 0.479 e. The molecule has 3 heterocycles. The van der Waals surface area contributed by atoms with E-state index in [2.05, 4.69) is 4.98 Å². The number of aliphatic carboxylic acids is 1. The van der Waals surface area contributed by atoms with Gasteiger partial charge in [0.15, 0.2) is 6.04 Å². The average Bonchev–Trinajstić information content (AvgIpc) is 3.03. The molecule has 0 saturated heterocycles. The summed E-state index contributed by atoms with van der Waals surface area (Å²) in [7, 11) is 0. The molecule has 2 amide bonds. The Bertz CT molecular complexity index is 676. The molecule has 0 bridgehead atoms. The number of carbonyl (C=O) groups excluding carboxylic acids is 2. The first kappa shape index (κ1) is 12.5. The molecule has 3 rings (SSSR count). The van der Waals surface area contributed by atoms with Crippen molar-refractivity contribution < 1.29 is 19.5 Å². The van der Waals surface area contributed by atoms with Crippen LogP contribution in [0, 0.1) is 0 Å². The van der Waals surface area contributed by atoms with Crippen LogP contribution in [0.3, 0.4) is 0 Å². The van der Waals surface area contributed by atoms with Crippen LogP contribution in [0.25, 0.3) is 0 Å². The first-order valence-electron chi connectivity index (χ1n) is 5.70. The van der Waals surface area contributed by atoms with Gasteiger partial charge in [-0.2, -0.15) is 0 Å². The number of thiophene rings is 1. The molecule has 1 unspecified atom stereocenters. The van der Waals surface area contributed by atoms with Crippen molar-refractivity contribution in [3.63, 3.8) is 0 Å². The predicted molar refractivity (Wildman–Crippen MR) is 69.4 cm³/mol. The van der Waals surface area contributed by atoms with Crippen molar-refractivity contribution in [2.75, 3.05) is 0 Å². The normalized spacial score (nSPS) is 15.3. The molecule has 20 heavy (non-hydrogen) atoms. The smallest absolute Gasteiger partial charge is 0.332 e. The number of pyridine rings is 1. The summed E-state index contributed by atoms with van der Waals surface area (Å²) in [6.45, 7) is 0. The van der Waals surface area contributed by atoms with Crippen molar-refractivity contribution in [1.82, 2.24) is 9.88 Å². The average molecular weight is 288 g/mol.